The molecule has 6 heteroatoms. The van der Waals surface area contributed by atoms with Crippen molar-refractivity contribution in [3.8, 4) is 0 Å². The zero-order valence-electron chi connectivity index (χ0n) is 12.1. The summed E-state index contributed by atoms with van der Waals surface area (Å²) >= 11 is 0. The lowest BCUT2D eigenvalue weighted by Gasteiger charge is -2.25. The van der Waals surface area contributed by atoms with Gasteiger partial charge in [-0.05, 0) is 18.4 Å². The molecule has 1 aromatic rings. The fourth-order valence-corrected chi connectivity index (χ4v) is 3.57. The van der Waals surface area contributed by atoms with Crippen molar-refractivity contribution >= 4 is 10.2 Å². The van der Waals surface area contributed by atoms with E-state index in [1.165, 1.54) is 4.31 Å². The maximum Gasteiger partial charge on any atom is 0.280 e. The van der Waals surface area contributed by atoms with Gasteiger partial charge < -0.3 is 5.11 Å². The van der Waals surface area contributed by atoms with E-state index in [-0.39, 0.29) is 6.61 Å². The zero-order chi connectivity index (χ0) is 15.0. The van der Waals surface area contributed by atoms with Gasteiger partial charge in [-0.1, -0.05) is 44.2 Å². The Morgan fingerprint density at radius 3 is 2.15 bits per heavy atom. The van der Waals surface area contributed by atoms with Crippen LogP contribution in [0.2, 0.25) is 0 Å². The van der Waals surface area contributed by atoms with E-state index in [1.807, 2.05) is 32.0 Å². The molecule has 0 saturated heterocycles. The molecule has 0 aliphatic heterocycles. The van der Waals surface area contributed by atoms with Crippen LogP contribution in [-0.4, -0.2) is 37.5 Å². The molecule has 2 N–H and O–H groups in total. The third kappa shape index (κ3) is 4.86. The van der Waals surface area contributed by atoms with Crippen molar-refractivity contribution in [2.24, 2.45) is 0 Å². The van der Waals surface area contributed by atoms with Crippen molar-refractivity contribution < 1.29 is 13.5 Å². The van der Waals surface area contributed by atoms with Crippen LogP contribution in [-0.2, 0) is 10.2 Å². The number of hydrogen-bond donors (Lipinski definition) is 2. The van der Waals surface area contributed by atoms with Crippen molar-refractivity contribution in [3.05, 3.63) is 35.9 Å². The van der Waals surface area contributed by atoms with Crippen molar-refractivity contribution in [2.75, 3.05) is 19.7 Å². The third-order valence-corrected chi connectivity index (χ3v) is 4.59. The molecular weight excluding hydrogens is 276 g/mol. The number of aliphatic hydroxyl groups is 1. The first kappa shape index (κ1) is 17.1. The van der Waals surface area contributed by atoms with Crippen LogP contribution >= 0.6 is 0 Å². The molecule has 0 aliphatic carbocycles. The van der Waals surface area contributed by atoms with Gasteiger partial charge in [-0.25, -0.2) is 0 Å². The molecule has 1 atom stereocenters. The Kier molecular flexibility index (Phi) is 7.15. The van der Waals surface area contributed by atoms with Crippen LogP contribution in [0.15, 0.2) is 30.3 Å². The second kappa shape index (κ2) is 8.36. The molecule has 0 aromatic heterocycles. The fraction of sp³-hybridized carbons (Fsp3) is 0.571. The van der Waals surface area contributed by atoms with Crippen molar-refractivity contribution in [3.63, 3.8) is 0 Å². The van der Waals surface area contributed by atoms with E-state index in [4.69, 9.17) is 0 Å². The van der Waals surface area contributed by atoms with Crippen molar-refractivity contribution in [1.82, 2.24) is 9.03 Å². The first-order valence-corrected chi connectivity index (χ1v) is 8.42. The molecule has 0 amide bonds. The molecule has 0 unspecified atom stereocenters. The van der Waals surface area contributed by atoms with Crippen LogP contribution < -0.4 is 4.72 Å². The molecular formula is C14H24N2O3S. The largest absolute Gasteiger partial charge is 0.394 e. The molecule has 0 aliphatic rings. The summed E-state index contributed by atoms with van der Waals surface area (Å²) in [5.41, 5.74) is 0.756. The van der Waals surface area contributed by atoms with Crippen LogP contribution in [0.25, 0.3) is 0 Å². The SMILES string of the molecule is CCCN(CCC)S(=O)(=O)N[C@H](CO)c1ccccc1. The Balaban J connectivity index is 2.86. The molecule has 0 heterocycles. The van der Waals surface area contributed by atoms with Crippen LogP contribution in [0.1, 0.15) is 38.3 Å². The van der Waals surface area contributed by atoms with E-state index >= 15 is 0 Å². The highest BCUT2D eigenvalue weighted by atomic mass is 32.2. The van der Waals surface area contributed by atoms with Crippen molar-refractivity contribution in [2.45, 2.75) is 32.7 Å². The molecule has 0 radical (unpaired) electrons. The average molecular weight is 300 g/mol. The van der Waals surface area contributed by atoms with Crippen LogP contribution in [0, 0.1) is 0 Å². The molecule has 114 valence electrons. The summed E-state index contributed by atoms with van der Waals surface area (Å²) < 4.78 is 28.7. The minimum atomic E-state index is -3.58. The first-order valence-electron chi connectivity index (χ1n) is 6.98. The fourth-order valence-electron chi connectivity index (χ4n) is 2.00. The Morgan fingerprint density at radius 2 is 1.70 bits per heavy atom. The smallest absolute Gasteiger partial charge is 0.280 e. The normalized spacial score (nSPS) is 13.6. The van der Waals surface area contributed by atoms with E-state index < -0.39 is 16.3 Å². The lowest BCUT2D eigenvalue weighted by molar-refractivity contribution is 0.255. The summed E-state index contributed by atoms with van der Waals surface area (Å²) in [4.78, 5) is 0. The summed E-state index contributed by atoms with van der Waals surface area (Å²) in [6.07, 6.45) is 1.52. The molecule has 5 nitrogen and oxygen atoms in total. The molecule has 20 heavy (non-hydrogen) atoms. The quantitative estimate of drug-likeness (QED) is 0.729. The minimum absolute atomic E-state index is 0.269. The number of rotatable bonds is 9. The lowest BCUT2D eigenvalue weighted by atomic mass is 10.1. The number of benzene rings is 1. The highest BCUT2D eigenvalue weighted by Gasteiger charge is 2.24. The maximum atomic E-state index is 12.4. The van der Waals surface area contributed by atoms with E-state index in [9.17, 15) is 13.5 Å². The van der Waals surface area contributed by atoms with Gasteiger partial charge in [0.25, 0.3) is 10.2 Å². The monoisotopic (exact) mass is 300 g/mol. The third-order valence-electron chi connectivity index (χ3n) is 2.96. The second-order valence-electron chi connectivity index (χ2n) is 4.67. The topological polar surface area (TPSA) is 69.6 Å². The van der Waals surface area contributed by atoms with Gasteiger partial charge in [-0.15, -0.1) is 0 Å². The van der Waals surface area contributed by atoms with E-state index in [0.717, 1.165) is 18.4 Å². The molecule has 0 spiro atoms. The van der Waals surface area contributed by atoms with Gasteiger partial charge in [-0.3, -0.25) is 0 Å². The van der Waals surface area contributed by atoms with Crippen LogP contribution in [0.3, 0.4) is 0 Å². The van der Waals surface area contributed by atoms with Gasteiger partial charge in [-0.2, -0.15) is 17.4 Å². The number of hydrogen-bond acceptors (Lipinski definition) is 3. The second-order valence-corrected chi connectivity index (χ2v) is 6.37. The van der Waals surface area contributed by atoms with Crippen molar-refractivity contribution in [1.29, 1.82) is 0 Å². The Labute approximate surface area is 121 Å². The number of nitrogens with one attached hydrogen (secondary N) is 1. The molecule has 0 saturated carbocycles. The van der Waals surface area contributed by atoms with E-state index in [0.29, 0.717) is 13.1 Å². The summed E-state index contributed by atoms with van der Waals surface area (Å²) in [6, 6.07) is 8.48. The van der Waals surface area contributed by atoms with Gasteiger partial charge in [0.2, 0.25) is 0 Å². The van der Waals surface area contributed by atoms with Gasteiger partial charge in [0.05, 0.1) is 12.6 Å². The predicted octanol–water partition coefficient (Wildman–Crippen LogP) is 1.68. The predicted molar refractivity (Wildman–Crippen MR) is 80.5 cm³/mol. The summed E-state index contributed by atoms with van der Waals surface area (Å²) in [6.45, 7) is 4.58. The Morgan fingerprint density at radius 1 is 1.15 bits per heavy atom. The summed E-state index contributed by atoms with van der Waals surface area (Å²) in [7, 11) is -3.58. The van der Waals surface area contributed by atoms with Gasteiger partial charge in [0, 0.05) is 13.1 Å². The Hall–Kier alpha value is -0.950. The summed E-state index contributed by atoms with van der Waals surface area (Å²) in [5.74, 6) is 0. The van der Waals surface area contributed by atoms with Gasteiger partial charge >= 0.3 is 0 Å². The molecule has 1 aromatic carbocycles. The number of aliphatic hydroxyl groups excluding tert-OH is 1. The average Bonchev–Trinajstić information content (AvgIpc) is 2.45. The van der Waals surface area contributed by atoms with Crippen LogP contribution in [0.4, 0.5) is 0 Å². The highest BCUT2D eigenvalue weighted by molar-refractivity contribution is 7.87. The number of nitrogens with zero attached hydrogens (tertiary/aromatic N) is 1. The molecule has 0 bridgehead atoms. The van der Waals surface area contributed by atoms with E-state index in [2.05, 4.69) is 4.72 Å². The maximum absolute atomic E-state index is 12.4. The standard InChI is InChI=1S/C14H24N2O3S/c1-3-10-16(11-4-2)20(18,19)15-14(12-17)13-8-6-5-7-9-13/h5-9,14-15,17H,3-4,10-12H2,1-2H3/t14-/m1/s1. The van der Waals surface area contributed by atoms with Gasteiger partial charge in [0.15, 0.2) is 0 Å². The molecule has 0 fully saturated rings. The lowest BCUT2D eigenvalue weighted by Crippen LogP contribution is -2.43. The highest BCUT2D eigenvalue weighted by Crippen LogP contribution is 2.14. The first-order chi connectivity index (χ1) is 9.55. The Bertz CT molecular complexity index is 470. The van der Waals surface area contributed by atoms with E-state index in [1.54, 1.807) is 12.1 Å². The zero-order valence-corrected chi connectivity index (χ0v) is 12.9. The van der Waals surface area contributed by atoms with Gasteiger partial charge in [0.1, 0.15) is 0 Å². The van der Waals surface area contributed by atoms with Crippen LogP contribution in [0.5, 0.6) is 0 Å². The summed E-state index contributed by atoms with van der Waals surface area (Å²) in [5, 5.41) is 9.44. The molecule has 1 rings (SSSR count). The minimum Gasteiger partial charge on any atom is -0.394 e.